The van der Waals surface area contributed by atoms with Crippen molar-refractivity contribution in [1.82, 2.24) is 4.90 Å². The molecule has 0 unspecified atom stereocenters. The minimum absolute atomic E-state index is 0.0615. The van der Waals surface area contributed by atoms with E-state index < -0.39 is 0 Å². The summed E-state index contributed by atoms with van der Waals surface area (Å²) in [5.41, 5.74) is 3.20. The molecule has 130 valence electrons. The number of imide groups is 1. The molecule has 2 heterocycles. The van der Waals surface area contributed by atoms with E-state index in [-0.39, 0.29) is 25.0 Å². The Morgan fingerprint density at radius 1 is 1.16 bits per heavy atom. The quantitative estimate of drug-likeness (QED) is 0.805. The van der Waals surface area contributed by atoms with Crippen molar-refractivity contribution in [2.75, 3.05) is 12.4 Å². The van der Waals surface area contributed by atoms with Gasteiger partial charge in [-0.1, -0.05) is 23.8 Å². The van der Waals surface area contributed by atoms with Crippen molar-refractivity contribution in [1.29, 1.82) is 0 Å². The Hall–Kier alpha value is -2.31. The summed E-state index contributed by atoms with van der Waals surface area (Å²) in [6, 6.07) is 9.25. The summed E-state index contributed by atoms with van der Waals surface area (Å²) < 4.78 is 5.28. The monoisotopic (exact) mass is 357 g/mol. The number of thioether (sulfide) groups is 1. The molecule has 1 aliphatic heterocycles. The maximum atomic E-state index is 13.0. The molecule has 0 atom stereocenters. The lowest BCUT2D eigenvalue weighted by atomic mass is 9.99. The number of amides is 2. The number of carbonyl (C=O) groups excluding carboxylic acids is 2. The first-order valence-electron chi connectivity index (χ1n) is 7.97. The molecule has 1 aliphatic rings. The van der Waals surface area contributed by atoms with Gasteiger partial charge in [-0.25, -0.2) is 0 Å². The highest BCUT2D eigenvalue weighted by Gasteiger charge is 2.39. The van der Waals surface area contributed by atoms with Crippen LogP contribution in [0, 0.1) is 13.8 Å². The van der Waals surface area contributed by atoms with Crippen LogP contribution in [0.1, 0.15) is 22.5 Å². The van der Waals surface area contributed by atoms with Crippen molar-refractivity contribution in [3.63, 3.8) is 0 Å². The molecular formula is C19H19NO4S. The van der Waals surface area contributed by atoms with Gasteiger partial charge >= 0.3 is 0 Å². The van der Waals surface area contributed by atoms with Crippen molar-refractivity contribution in [2.24, 2.45) is 0 Å². The molecule has 0 aliphatic carbocycles. The highest BCUT2D eigenvalue weighted by atomic mass is 32.2. The number of aryl methyl sites for hydroxylation is 2. The molecule has 2 aromatic rings. The molecule has 1 aromatic carbocycles. The smallest absolute Gasteiger partial charge is 0.268 e. The summed E-state index contributed by atoms with van der Waals surface area (Å²) >= 11 is 1.22. The van der Waals surface area contributed by atoms with Gasteiger partial charge in [0.25, 0.3) is 11.8 Å². The number of furan rings is 1. The molecule has 0 radical (unpaired) electrons. The lowest BCUT2D eigenvalue weighted by Gasteiger charge is -2.13. The van der Waals surface area contributed by atoms with E-state index in [0.29, 0.717) is 22.0 Å². The van der Waals surface area contributed by atoms with Crippen LogP contribution >= 0.6 is 11.8 Å². The summed E-state index contributed by atoms with van der Waals surface area (Å²) in [6.07, 6.45) is 1.51. The fourth-order valence-electron chi connectivity index (χ4n) is 2.87. The second kappa shape index (κ2) is 7.29. The molecule has 0 spiro atoms. The molecule has 0 saturated heterocycles. The van der Waals surface area contributed by atoms with Crippen LogP contribution in [0.4, 0.5) is 0 Å². The van der Waals surface area contributed by atoms with Crippen molar-refractivity contribution in [2.45, 2.75) is 20.4 Å². The predicted octanol–water partition coefficient (Wildman–Crippen LogP) is 2.90. The van der Waals surface area contributed by atoms with Crippen LogP contribution in [0.3, 0.4) is 0 Å². The van der Waals surface area contributed by atoms with E-state index in [1.807, 2.05) is 32.0 Å². The molecule has 1 aromatic heterocycles. The standard InChI is InChI=1S/C19H19NO4S/c1-12-5-6-15(13(2)10-12)16-17(25-9-7-21)19(23)20(18(16)22)11-14-4-3-8-24-14/h3-6,8,10,21H,7,9,11H2,1-2H3. The topological polar surface area (TPSA) is 70.8 Å². The molecular weight excluding hydrogens is 338 g/mol. The second-order valence-corrected chi connectivity index (χ2v) is 6.98. The molecule has 2 amide bonds. The van der Waals surface area contributed by atoms with E-state index in [0.717, 1.165) is 16.7 Å². The van der Waals surface area contributed by atoms with Gasteiger partial charge in [0.2, 0.25) is 0 Å². The summed E-state index contributed by atoms with van der Waals surface area (Å²) in [6.45, 7) is 3.95. The Bertz CT molecular complexity index is 839. The van der Waals surface area contributed by atoms with Crippen LogP contribution in [-0.4, -0.2) is 34.2 Å². The summed E-state index contributed by atoms with van der Waals surface area (Å²) in [5, 5.41) is 9.13. The number of aliphatic hydroxyl groups is 1. The maximum absolute atomic E-state index is 13.0. The molecule has 1 N–H and O–H groups in total. The Morgan fingerprint density at radius 3 is 2.60 bits per heavy atom. The van der Waals surface area contributed by atoms with Gasteiger partial charge in [-0.2, -0.15) is 0 Å². The van der Waals surface area contributed by atoms with Crippen LogP contribution < -0.4 is 0 Å². The van der Waals surface area contributed by atoms with Gasteiger partial charge in [-0.3, -0.25) is 14.5 Å². The van der Waals surface area contributed by atoms with Crippen molar-refractivity contribution in [3.05, 3.63) is 64.0 Å². The van der Waals surface area contributed by atoms with E-state index in [1.54, 1.807) is 12.1 Å². The van der Waals surface area contributed by atoms with E-state index in [1.165, 1.54) is 22.9 Å². The Labute approximate surface area is 150 Å². The highest BCUT2D eigenvalue weighted by molar-refractivity contribution is 8.04. The Balaban J connectivity index is 2.02. The average molecular weight is 357 g/mol. The lowest BCUT2D eigenvalue weighted by molar-refractivity contribution is -0.137. The van der Waals surface area contributed by atoms with Gasteiger partial charge in [0.15, 0.2) is 0 Å². The number of carbonyl (C=O) groups is 2. The zero-order valence-corrected chi connectivity index (χ0v) is 14.9. The summed E-state index contributed by atoms with van der Waals surface area (Å²) in [7, 11) is 0. The highest BCUT2D eigenvalue weighted by Crippen LogP contribution is 2.37. The molecule has 0 saturated carbocycles. The minimum atomic E-state index is -0.338. The largest absolute Gasteiger partial charge is 0.467 e. The first-order valence-corrected chi connectivity index (χ1v) is 8.95. The van der Waals surface area contributed by atoms with Gasteiger partial charge in [-0.15, -0.1) is 11.8 Å². The first kappa shape index (κ1) is 17.5. The van der Waals surface area contributed by atoms with Crippen molar-refractivity contribution in [3.8, 4) is 0 Å². The number of nitrogens with zero attached hydrogens (tertiary/aromatic N) is 1. The lowest BCUT2D eigenvalue weighted by Crippen LogP contribution is -2.30. The maximum Gasteiger partial charge on any atom is 0.268 e. The van der Waals surface area contributed by atoms with Crippen LogP contribution in [0.5, 0.6) is 0 Å². The van der Waals surface area contributed by atoms with Gasteiger partial charge < -0.3 is 9.52 Å². The van der Waals surface area contributed by atoms with Crippen LogP contribution in [0.25, 0.3) is 5.57 Å². The van der Waals surface area contributed by atoms with Gasteiger partial charge in [0.1, 0.15) is 5.76 Å². The Morgan fingerprint density at radius 2 is 1.96 bits per heavy atom. The van der Waals surface area contributed by atoms with E-state index in [2.05, 4.69) is 0 Å². The third-order valence-corrected chi connectivity index (χ3v) is 5.06. The zero-order chi connectivity index (χ0) is 18.0. The number of hydrogen-bond donors (Lipinski definition) is 1. The number of rotatable bonds is 6. The number of aliphatic hydroxyl groups excluding tert-OH is 1. The average Bonchev–Trinajstić information content (AvgIpc) is 3.16. The molecule has 0 bridgehead atoms. The normalized spacial score (nSPS) is 14.8. The third kappa shape index (κ3) is 3.41. The fraction of sp³-hybridized carbons (Fsp3) is 0.263. The van der Waals surface area contributed by atoms with E-state index in [9.17, 15) is 9.59 Å². The van der Waals surface area contributed by atoms with Gasteiger partial charge in [0, 0.05) is 5.75 Å². The van der Waals surface area contributed by atoms with Crippen molar-refractivity contribution < 1.29 is 19.1 Å². The fourth-order valence-corrected chi connectivity index (χ4v) is 3.74. The van der Waals surface area contributed by atoms with Gasteiger partial charge in [-0.05, 0) is 37.1 Å². The number of benzene rings is 1. The summed E-state index contributed by atoms with van der Waals surface area (Å²) in [5.74, 6) is 0.246. The van der Waals surface area contributed by atoms with E-state index in [4.69, 9.17) is 9.52 Å². The van der Waals surface area contributed by atoms with E-state index >= 15 is 0 Å². The molecule has 0 fully saturated rings. The van der Waals surface area contributed by atoms with Crippen LogP contribution in [0.2, 0.25) is 0 Å². The van der Waals surface area contributed by atoms with Crippen molar-refractivity contribution >= 4 is 29.1 Å². The predicted molar refractivity (Wildman–Crippen MR) is 96.6 cm³/mol. The first-order chi connectivity index (χ1) is 12.0. The number of hydrogen-bond acceptors (Lipinski definition) is 5. The molecule has 3 rings (SSSR count). The molecule has 6 heteroatoms. The summed E-state index contributed by atoms with van der Waals surface area (Å²) in [4.78, 5) is 27.4. The Kier molecular flexibility index (Phi) is 5.11. The molecule has 5 nitrogen and oxygen atoms in total. The van der Waals surface area contributed by atoms with Crippen LogP contribution in [-0.2, 0) is 16.1 Å². The second-order valence-electron chi connectivity index (χ2n) is 5.87. The van der Waals surface area contributed by atoms with Crippen LogP contribution in [0.15, 0.2) is 45.9 Å². The molecule has 25 heavy (non-hydrogen) atoms. The third-order valence-electron chi connectivity index (χ3n) is 4.01. The van der Waals surface area contributed by atoms with Gasteiger partial charge in [0.05, 0.1) is 29.9 Å². The zero-order valence-electron chi connectivity index (χ0n) is 14.1. The SMILES string of the molecule is Cc1ccc(C2=C(SCCO)C(=O)N(Cc3ccco3)C2=O)c(C)c1. The minimum Gasteiger partial charge on any atom is -0.467 e.